The average molecular weight is 288 g/mol. The van der Waals surface area contributed by atoms with Crippen molar-refractivity contribution in [2.45, 2.75) is 20.0 Å². The van der Waals surface area contributed by atoms with Crippen LogP contribution in [0.3, 0.4) is 0 Å². The molecule has 2 aromatic rings. The van der Waals surface area contributed by atoms with E-state index in [2.05, 4.69) is 4.74 Å². The van der Waals surface area contributed by atoms with Gasteiger partial charge in [0.15, 0.2) is 5.78 Å². The molecular weight excluding hydrogens is 272 g/mol. The van der Waals surface area contributed by atoms with Gasteiger partial charge in [-0.1, -0.05) is 6.92 Å². The van der Waals surface area contributed by atoms with Crippen molar-refractivity contribution in [1.29, 1.82) is 0 Å². The van der Waals surface area contributed by atoms with Crippen LogP contribution in [-0.4, -0.2) is 18.9 Å². The van der Waals surface area contributed by atoms with Crippen molar-refractivity contribution >= 4 is 11.8 Å². The molecule has 1 aromatic carbocycles. The van der Waals surface area contributed by atoms with Crippen LogP contribution in [0.25, 0.3) is 0 Å². The topological polar surface area (TPSA) is 65.7 Å². The summed E-state index contributed by atoms with van der Waals surface area (Å²) in [6.45, 7) is 2.00. The molecule has 0 fully saturated rings. The highest BCUT2D eigenvalue weighted by Gasteiger charge is 2.16. The summed E-state index contributed by atoms with van der Waals surface area (Å²) < 4.78 is 15.3. The molecule has 5 heteroatoms. The van der Waals surface area contributed by atoms with E-state index in [4.69, 9.17) is 9.15 Å². The van der Waals surface area contributed by atoms with E-state index < -0.39 is 5.97 Å². The lowest BCUT2D eigenvalue weighted by molar-refractivity contribution is 0.0561. The summed E-state index contributed by atoms with van der Waals surface area (Å²) in [7, 11) is 1.29. The van der Waals surface area contributed by atoms with Gasteiger partial charge in [-0.05, 0) is 30.3 Å². The maximum Gasteiger partial charge on any atom is 0.374 e. The van der Waals surface area contributed by atoms with Crippen molar-refractivity contribution in [2.24, 2.45) is 0 Å². The number of hydrogen-bond donors (Lipinski definition) is 0. The SMILES string of the molecule is CCC(=O)c1ccc(OCc2ccoc2C(=O)OC)cc1. The Morgan fingerprint density at radius 1 is 1.14 bits per heavy atom. The fourth-order valence-corrected chi connectivity index (χ4v) is 1.82. The van der Waals surface area contributed by atoms with Crippen LogP contribution in [0, 0.1) is 0 Å². The van der Waals surface area contributed by atoms with Gasteiger partial charge in [0, 0.05) is 17.5 Å². The standard InChI is InChI=1S/C16H16O5/c1-3-14(17)11-4-6-13(7-5-11)21-10-12-8-9-20-15(12)16(18)19-2/h4-9H,3,10H2,1-2H3. The van der Waals surface area contributed by atoms with Gasteiger partial charge in [0.1, 0.15) is 12.4 Å². The van der Waals surface area contributed by atoms with Gasteiger partial charge in [0.2, 0.25) is 5.76 Å². The van der Waals surface area contributed by atoms with Crippen LogP contribution >= 0.6 is 0 Å². The zero-order chi connectivity index (χ0) is 15.2. The second-order valence-electron chi connectivity index (χ2n) is 4.36. The van der Waals surface area contributed by atoms with Crippen molar-refractivity contribution in [3.8, 4) is 5.75 Å². The first-order valence-corrected chi connectivity index (χ1v) is 6.56. The predicted molar refractivity (Wildman–Crippen MR) is 75.4 cm³/mol. The highest BCUT2D eigenvalue weighted by molar-refractivity contribution is 5.95. The number of esters is 1. The van der Waals surface area contributed by atoms with Crippen LogP contribution in [0.15, 0.2) is 41.0 Å². The number of rotatable bonds is 6. The Bertz CT molecular complexity index is 624. The fourth-order valence-electron chi connectivity index (χ4n) is 1.82. The van der Waals surface area contributed by atoms with E-state index in [0.29, 0.717) is 23.3 Å². The van der Waals surface area contributed by atoms with Gasteiger partial charge in [0.25, 0.3) is 0 Å². The maximum atomic E-state index is 11.5. The number of methoxy groups -OCH3 is 1. The summed E-state index contributed by atoms with van der Waals surface area (Å²) in [5.74, 6) is 0.293. The van der Waals surface area contributed by atoms with Crippen molar-refractivity contribution in [1.82, 2.24) is 0 Å². The number of furan rings is 1. The first-order chi connectivity index (χ1) is 10.2. The molecule has 0 aliphatic heterocycles. The summed E-state index contributed by atoms with van der Waals surface area (Å²) in [5.41, 5.74) is 1.26. The zero-order valence-electron chi connectivity index (χ0n) is 11.9. The highest BCUT2D eigenvalue weighted by Crippen LogP contribution is 2.18. The van der Waals surface area contributed by atoms with Gasteiger partial charge >= 0.3 is 5.97 Å². The van der Waals surface area contributed by atoms with Crippen LogP contribution in [0.4, 0.5) is 0 Å². The zero-order valence-corrected chi connectivity index (χ0v) is 11.9. The number of carbonyl (C=O) groups is 2. The van der Waals surface area contributed by atoms with Crippen LogP contribution in [0.1, 0.15) is 39.8 Å². The normalized spacial score (nSPS) is 10.2. The minimum absolute atomic E-state index is 0.0874. The second-order valence-corrected chi connectivity index (χ2v) is 4.36. The Balaban J connectivity index is 2.02. The summed E-state index contributed by atoms with van der Waals surface area (Å²) in [6, 6.07) is 8.54. The lowest BCUT2D eigenvalue weighted by Gasteiger charge is -2.06. The second kappa shape index (κ2) is 6.74. The molecule has 0 radical (unpaired) electrons. The quantitative estimate of drug-likeness (QED) is 0.603. The highest BCUT2D eigenvalue weighted by atomic mass is 16.5. The van der Waals surface area contributed by atoms with Crippen molar-refractivity contribution in [2.75, 3.05) is 7.11 Å². The minimum Gasteiger partial charge on any atom is -0.489 e. The van der Waals surface area contributed by atoms with Crippen molar-refractivity contribution in [3.63, 3.8) is 0 Å². The Kier molecular flexibility index (Phi) is 4.77. The smallest absolute Gasteiger partial charge is 0.374 e. The van der Waals surface area contributed by atoms with E-state index in [-0.39, 0.29) is 18.2 Å². The third kappa shape index (κ3) is 3.51. The van der Waals surface area contributed by atoms with E-state index in [1.54, 1.807) is 30.3 Å². The lowest BCUT2D eigenvalue weighted by Crippen LogP contribution is -2.05. The molecule has 21 heavy (non-hydrogen) atoms. The predicted octanol–water partition coefficient (Wildman–Crippen LogP) is 3.24. The largest absolute Gasteiger partial charge is 0.489 e. The number of Topliss-reactive ketones (excluding diaryl/α,β-unsaturated/α-hetero) is 1. The first kappa shape index (κ1) is 14.8. The Morgan fingerprint density at radius 2 is 1.86 bits per heavy atom. The van der Waals surface area contributed by atoms with E-state index in [1.165, 1.54) is 13.4 Å². The number of hydrogen-bond acceptors (Lipinski definition) is 5. The number of ether oxygens (including phenoxy) is 2. The number of carbonyl (C=O) groups excluding carboxylic acids is 2. The molecule has 0 unspecified atom stereocenters. The van der Waals surface area contributed by atoms with Gasteiger partial charge in [-0.15, -0.1) is 0 Å². The summed E-state index contributed by atoms with van der Waals surface area (Å²) in [4.78, 5) is 23.0. The monoisotopic (exact) mass is 288 g/mol. The van der Waals surface area contributed by atoms with Crippen molar-refractivity contribution < 1.29 is 23.5 Å². The molecule has 0 aliphatic carbocycles. The summed E-state index contributed by atoms with van der Waals surface area (Å²) in [6.07, 6.45) is 1.88. The van der Waals surface area contributed by atoms with Gasteiger partial charge in [0.05, 0.1) is 13.4 Å². The Labute approximate surface area is 122 Å². The molecule has 0 aliphatic rings. The van der Waals surface area contributed by atoms with Crippen LogP contribution < -0.4 is 4.74 Å². The fraction of sp³-hybridized carbons (Fsp3) is 0.250. The molecular formula is C16H16O5. The first-order valence-electron chi connectivity index (χ1n) is 6.56. The Hall–Kier alpha value is -2.56. The van der Waals surface area contributed by atoms with Gasteiger partial charge < -0.3 is 13.9 Å². The van der Waals surface area contributed by atoms with Crippen LogP contribution in [0.5, 0.6) is 5.75 Å². The van der Waals surface area contributed by atoms with E-state index in [1.807, 2.05) is 6.92 Å². The molecule has 0 bridgehead atoms. The van der Waals surface area contributed by atoms with Crippen LogP contribution in [0.2, 0.25) is 0 Å². The van der Waals surface area contributed by atoms with Gasteiger partial charge in [-0.2, -0.15) is 0 Å². The van der Waals surface area contributed by atoms with Gasteiger partial charge in [-0.25, -0.2) is 4.79 Å². The molecule has 5 nitrogen and oxygen atoms in total. The van der Waals surface area contributed by atoms with E-state index in [0.717, 1.165) is 0 Å². The van der Waals surface area contributed by atoms with Gasteiger partial charge in [-0.3, -0.25) is 4.79 Å². The number of ketones is 1. The van der Waals surface area contributed by atoms with E-state index >= 15 is 0 Å². The molecule has 0 amide bonds. The molecule has 0 spiro atoms. The number of benzene rings is 1. The third-order valence-corrected chi connectivity index (χ3v) is 3.01. The van der Waals surface area contributed by atoms with Crippen molar-refractivity contribution in [3.05, 3.63) is 53.5 Å². The molecule has 0 saturated carbocycles. The third-order valence-electron chi connectivity index (χ3n) is 3.01. The lowest BCUT2D eigenvalue weighted by atomic mass is 10.1. The summed E-state index contributed by atoms with van der Waals surface area (Å²) in [5, 5.41) is 0. The molecule has 1 aromatic heterocycles. The minimum atomic E-state index is -0.539. The average Bonchev–Trinajstić information content (AvgIpc) is 3.00. The molecule has 110 valence electrons. The Morgan fingerprint density at radius 3 is 2.48 bits per heavy atom. The molecule has 0 N–H and O–H groups in total. The molecule has 1 heterocycles. The maximum absolute atomic E-state index is 11.5. The molecule has 0 atom stereocenters. The summed E-state index contributed by atoms with van der Waals surface area (Å²) >= 11 is 0. The molecule has 0 saturated heterocycles. The van der Waals surface area contributed by atoms with Crippen LogP contribution in [-0.2, 0) is 11.3 Å². The van der Waals surface area contributed by atoms with E-state index in [9.17, 15) is 9.59 Å². The molecule has 2 rings (SSSR count).